The van der Waals surface area contributed by atoms with Gasteiger partial charge in [-0.25, -0.2) is 0 Å². The molecule has 0 atom stereocenters. The van der Waals surface area contributed by atoms with Crippen molar-refractivity contribution in [1.29, 1.82) is 0 Å². The van der Waals surface area contributed by atoms with E-state index in [2.05, 4.69) is 15.3 Å². The fourth-order valence-corrected chi connectivity index (χ4v) is 1.65. The van der Waals surface area contributed by atoms with Crippen molar-refractivity contribution >= 4 is 34.9 Å². The fraction of sp³-hybridized carbons (Fsp3) is 0.0909. The highest BCUT2D eigenvalue weighted by atomic mass is 35.5. The third kappa shape index (κ3) is 3.21. The number of nitrogens with two attached hydrogens (primary N) is 2. The number of hydrogen-bond donors (Lipinski definition) is 3. The average Bonchev–Trinajstić information content (AvgIpc) is 2.29. The number of nitrogens with zero attached hydrogens (tertiary/aromatic N) is 2. The number of alkyl halides is 3. The monoisotopic (exact) mass is 303 g/mol. The third-order valence-electron chi connectivity index (χ3n) is 2.32. The largest absolute Gasteiger partial charge is 0.416 e. The van der Waals surface area contributed by atoms with E-state index in [9.17, 15) is 13.2 Å². The Morgan fingerprint density at radius 3 is 2.40 bits per heavy atom. The lowest BCUT2D eigenvalue weighted by molar-refractivity contribution is -0.137. The Morgan fingerprint density at radius 2 is 1.80 bits per heavy atom. The molecule has 0 saturated heterocycles. The topological polar surface area (TPSA) is 89.8 Å². The minimum Gasteiger partial charge on any atom is -0.383 e. The Hall–Kier alpha value is -2.22. The molecule has 106 valence electrons. The molecule has 0 aliphatic rings. The number of aromatic nitrogens is 2. The molecule has 0 unspecified atom stereocenters. The van der Waals surface area contributed by atoms with E-state index in [-0.39, 0.29) is 28.3 Å². The normalized spacial score (nSPS) is 11.4. The number of hydrogen-bond acceptors (Lipinski definition) is 5. The molecule has 0 spiro atoms. The minimum atomic E-state index is -4.47. The Balaban J connectivity index is 2.37. The second-order valence-electron chi connectivity index (χ2n) is 3.85. The van der Waals surface area contributed by atoms with Crippen LogP contribution in [0, 0.1) is 0 Å². The van der Waals surface area contributed by atoms with Crippen LogP contribution in [0.2, 0.25) is 5.02 Å². The molecule has 1 aromatic heterocycles. The zero-order valence-corrected chi connectivity index (χ0v) is 10.6. The highest BCUT2D eigenvalue weighted by Gasteiger charge is 2.31. The molecule has 0 aliphatic carbocycles. The molecule has 5 N–H and O–H groups in total. The maximum Gasteiger partial charge on any atom is 0.416 e. The van der Waals surface area contributed by atoms with Gasteiger partial charge >= 0.3 is 6.18 Å². The summed E-state index contributed by atoms with van der Waals surface area (Å²) in [5, 5.41) is 2.73. The van der Waals surface area contributed by atoms with Crippen LogP contribution in [0.1, 0.15) is 5.56 Å². The first kappa shape index (κ1) is 14.2. The number of benzene rings is 1. The maximum absolute atomic E-state index is 12.6. The van der Waals surface area contributed by atoms with Crippen LogP contribution in [0.15, 0.2) is 24.3 Å². The van der Waals surface area contributed by atoms with Crippen molar-refractivity contribution in [1.82, 2.24) is 9.97 Å². The van der Waals surface area contributed by atoms with Gasteiger partial charge in [0.1, 0.15) is 11.6 Å². The smallest absolute Gasteiger partial charge is 0.383 e. The summed E-state index contributed by atoms with van der Waals surface area (Å²) in [6.45, 7) is 0. The Bertz CT molecular complexity index is 624. The molecule has 0 fully saturated rings. The van der Waals surface area contributed by atoms with Gasteiger partial charge in [-0.2, -0.15) is 23.1 Å². The van der Waals surface area contributed by atoms with Gasteiger partial charge in [-0.05, 0) is 18.2 Å². The minimum absolute atomic E-state index is 0.0407. The van der Waals surface area contributed by atoms with Gasteiger partial charge in [0.2, 0.25) is 5.95 Å². The summed E-state index contributed by atoms with van der Waals surface area (Å²) in [5.74, 6) is 0.134. The summed E-state index contributed by atoms with van der Waals surface area (Å²) in [6, 6.07) is 4.22. The zero-order chi connectivity index (χ0) is 14.9. The van der Waals surface area contributed by atoms with E-state index in [0.717, 1.165) is 18.2 Å². The van der Waals surface area contributed by atoms with Crippen LogP contribution < -0.4 is 16.8 Å². The van der Waals surface area contributed by atoms with Gasteiger partial charge in [0.25, 0.3) is 0 Å². The molecule has 0 saturated carbocycles. The van der Waals surface area contributed by atoms with E-state index in [1.807, 2.05) is 0 Å². The quantitative estimate of drug-likeness (QED) is 0.793. The van der Waals surface area contributed by atoms with E-state index >= 15 is 0 Å². The summed E-state index contributed by atoms with van der Waals surface area (Å²) < 4.78 is 37.9. The zero-order valence-electron chi connectivity index (χ0n) is 9.87. The van der Waals surface area contributed by atoms with Crippen molar-refractivity contribution in [2.75, 3.05) is 16.8 Å². The van der Waals surface area contributed by atoms with Crippen molar-refractivity contribution in [3.8, 4) is 0 Å². The molecule has 1 heterocycles. The van der Waals surface area contributed by atoms with E-state index in [0.29, 0.717) is 0 Å². The molecular weight excluding hydrogens is 295 g/mol. The summed E-state index contributed by atoms with van der Waals surface area (Å²) in [7, 11) is 0. The number of nitrogens with one attached hydrogen (secondary N) is 1. The summed E-state index contributed by atoms with van der Waals surface area (Å²) in [5.41, 5.74) is 10.1. The highest BCUT2D eigenvalue weighted by Crippen LogP contribution is 2.34. The molecular formula is C11H9ClF3N5. The number of nitrogen functional groups attached to an aromatic ring is 2. The molecule has 1 aromatic carbocycles. The second-order valence-corrected chi connectivity index (χ2v) is 4.26. The second kappa shape index (κ2) is 5.04. The van der Waals surface area contributed by atoms with E-state index in [1.165, 1.54) is 6.07 Å². The van der Waals surface area contributed by atoms with Gasteiger partial charge in [-0.3, -0.25) is 0 Å². The first-order chi connectivity index (χ1) is 9.25. The molecule has 2 aromatic rings. The lowest BCUT2D eigenvalue weighted by Gasteiger charge is -2.12. The molecule has 0 bridgehead atoms. The molecule has 5 nitrogen and oxygen atoms in total. The van der Waals surface area contributed by atoms with Gasteiger partial charge in [-0.1, -0.05) is 11.6 Å². The predicted molar refractivity (Wildman–Crippen MR) is 70.6 cm³/mol. The summed E-state index contributed by atoms with van der Waals surface area (Å²) in [6.07, 6.45) is -4.47. The van der Waals surface area contributed by atoms with Crippen LogP contribution in [0.25, 0.3) is 0 Å². The molecule has 0 aliphatic heterocycles. The van der Waals surface area contributed by atoms with Crippen molar-refractivity contribution in [2.24, 2.45) is 0 Å². The van der Waals surface area contributed by atoms with Gasteiger partial charge < -0.3 is 16.8 Å². The number of anilines is 4. The molecule has 9 heteroatoms. The van der Waals surface area contributed by atoms with Gasteiger partial charge in [0, 0.05) is 6.07 Å². The SMILES string of the molecule is Nc1cc(Nc2cc(C(F)(F)F)ccc2Cl)nc(N)n1. The average molecular weight is 304 g/mol. The van der Waals surface area contributed by atoms with Crippen molar-refractivity contribution in [3.05, 3.63) is 34.9 Å². The Labute approximate surface area is 116 Å². The van der Waals surface area contributed by atoms with Crippen LogP contribution in [-0.4, -0.2) is 9.97 Å². The predicted octanol–water partition coefficient (Wildman–Crippen LogP) is 3.06. The molecule has 2 rings (SSSR count). The molecule has 0 amide bonds. The van der Waals surface area contributed by atoms with Crippen molar-refractivity contribution in [3.63, 3.8) is 0 Å². The first-order valence-corrected chi connectivity index (χ1v) is 5.67. The van der Waals surface area contributed by atoms with Gasteiger partial charge in [0.05, 0.1) is 16.3 Å². The summed E-state index contributed by atoms with van der Waals surface area (Å²) in [4.78, 5) is 7.44. The Kier molecular flexibility index (Phi) is 3.58. The van der Waals surface area contributed by atoms with Crippen LogP contribution >= 0.6 is 11.6 Å². The van der Waals surface area contributed by atoms with Crippen LogP contribution in [0.5, 0.6) is 0 Å². The lowest BCUT2D eigenvalue weighted by Crippen LogP contribution is -2.07. The van der Waals surface area contributed by atoms with Crippen molar-refractivity contribution < 1.29 is 13.2 Å². The van der Waals surface area contributed by atoms with Crippen LogP contribution in [0.4, 0.5) is 36.4 Å². The lowest BCUT2D eigenvalue weighted by atomic mass is 10.2. The van der Waals surface area contributed by atoms with Crippen LogP contribution in [-0.2, 0) is 6.18 Å². The standard InChI is InChI=1S/C11H9ClF3N5/c12-6-2-1-5(11(13,14)15)3-7(6)18-9-4-8(16)19-10(17)20-9/h1-4H,(H5,16,17,18,19,20). The molecule has 0 radical (unpaired) electrons. The van der Waals surface area contributed by atoms with Crippen LogP contribution in [0.3, 0.4) is 0 Å². The van der Waals surface area contributed by atoms with E-state index in [1.54, 1.807) is 0 Å². The first-order valence-electron chi connectivity index (χ1n) is 5.29. The summed E-state index contributed by atoms with van der Waals surface area (Å²) >= 11 is 5.84. The Morgan fingerprint density at radius 1 is 1.10 bits per heavy atom. The highest BCUT2D eigenvalue weighted by molar-refractivity contribution is 6.33. The van der Waals surface area contributed by atoms with E-state index in [4.69, 9.17) is 23.1 Å². The van der Waals surface area contributed by atoms with Gasteiger partial charge in [-0.15, -0.1) is 0 Å². The number of rotatable bonds is 2. The van der Waals surface area contributed by atoms with E-state index < -0.39 is 11.7 Å². The fourth-order valence-electron chi connectivity index (χ4n) is 1.48. The third-order valence-corrected chi connectivity index (χ3v) is 2.65. The van der Waals surface area contributed by atoms with Crippen molar-refractivity contribution in [2.45, 2.75) is 6.18 Å². The molecule has 20 heavy (non-hydrogen) atoms. The maximum atomic E-state index is 12.6. The number of halogens is 4. The van der Waals surface area contributed by atoms with Gasteiger partial charge in [0.15, 0.2) is 0 Å².